The minimum absolute atomic E-state index is 0.0433. The van der Waals surface area contributed by atoms with Gasteiger partial charge in [-0.2, -0.15) is 0 Å². The van der Waals surface area contributed by atoms with Crippen molar-refractivity contribution in [3.63, 3.8) is 0 Å². The predicted octanol–water partition coefficient (Wildman–Crippen LogP) is 4.19. The van der Waals surface area contributed by atoms with Crippen LogP contribution in [0, 0.1) is 13.8 Å². The lowest BCUT2D eigenvalue weighted by Gasteiger charge is -2.21. The van der Waals surface area contributed by atoms with Gasteiger partial charge in [-0.15, -0.1) is 11.8 Å². The molecule has 26 heavy (non-hydrogen) atoms. The quantitative estimate of drug-likeness (QED) is 0.827. The molecule has 0 saturated carbocycles. The highest BCUT2D eigenvalue weighted by Gasteiger charge is 2.15. The Morgan fingerprint density at radius 1 is 1.08 bits per heavy atom. The lowest BCUT2D eigenvalue weighted by molar-refractivity contribution is -0.119. The van der Waals surface area contributed by atoms with Crippen LogP contribution in [0.5, 0.6) is 11.5 Å². The number of amides is 1. The van der Waals surface area contributed by atoms with Crippen LogP contribution in [0.25, 0.3) is 0 Å². The van der Waals surface area contributed by atoms with Crippen LogP contribution in [-0.4, -0.2) is 24.9 Å². The molecule has 0 saturated heterocycles. The fourth-order valence-electron chi connectivity index (χ4n) is 3.11. The third-order valence-electron chi connectivity index (χ3n) is 4.23. The Balaban J connectivity index is 1.49. The predicted molar refractivity (Wildman–Crippen MR) is 106 cm³/mol. The van der Waals surface area contributed by atoms with E-state index in [0.29, 0.717) is 19.0 Å². The second kappa shape index (κ2) is 8.49. The number of thioether (sulfide) groups is 1. The average molecular weight is 372 g/mol. The summed E-state index contributed by atoms with van der Waals surface area (Å²) < 4.78 is 11.1. The molecule has 0 aliphatic carbocycles. The van der Waals surface area contributed by atoms with E-state index in [2.05, 4.69) is 37.4 Å². The van der Waals surface area contributed by atoms with Crippen LogP contribution in [0.2, 0.25) is 0 Å². The molecule has 0 aromatic heterocycles. The Hall–Kier alpha value is -2.14. The van der Waals surface area contributed by atoms with E-state index in [1.165, 1.54) is 16.7 Å². The summed E-state index contributed by atoms with van der Waals surface area (Å²) in [5.41, 5.74) is 4.80. The summed E-state index contributed by atoms with van der Waals surface area (Å²) in [5.74, 6) is 2.85. The van der Waals surface area contributed by atoms with E-state index >= 15 is 0 Å². The molecule has 0 fully saturated rings. The number of carbonyl (C=O) groups is 1. The first kappa shape index (κ1) is 18.6. The number of aryl methyl sites for hydroxylation is 2. The molecule has 1 amide bonds. The highest BCUT2D eigenvalue weighted by molar-refractivity contribution is 7.99. The van der Waals surface area contributed by atoms with Gasteiger partial charge in [-0.05, 0) is 44.0 Å². The van der Waals surface area contributed by atoms with Gasteiger partial charge in [0.1, 0.15) is 13.2 Å². The van der Waals surface area contributed by atoms with Crippen molar-refractivity contribution in [3.05, 3.63) is 58.7 Å². The van der Waals surface area contributed by atoms with Gasteiger partial charge < -0.3 is 14.8 Å². The number of ether oxygens (including phenoxy) is 2. The lowest BCUT2D eigenvalue weighted by Crippen LogP contribution is -2.28. The van der Waals surface area contributed by atoms with Crippen molar-refractivity contribution in [3.8, 4) is 11.5 Å². The van der Waals surface area contributed by atoms with E-state index in [1.807, 2.05) is 25.1 Å². The molecule has 0 spiro atoms. The van der Waals surface area contributed by atoms with Crippen molar-refractivity contribution >= 4 is 17.7 Å². The van der Waals surface area contributed by atoms with Gasteiger partial charge in [-0.1, -0.05) is 35.4 Å². The van der Waals surface area contributed by atoms with E-state index < -0.39 is 0 Å². The van der Waals surface area contributed by atoms with E-state index in [4.69, 9.17) is 9.47 Å². The number of benzene rings is 2. The molecular weight excluding hydrogens is 346 g/mol. The van der Waals surface area contributed by atoms with Gasteiger partial charge in [0.15, 0.2) is 11.5 Å². The second-order valence-electron chi connectivity index (χ2n) is 6.68. The molecule has 2 aromatic carbocycles. The monoisotopic (exact) mass is 371 g/mol. The fourth-order valence-corrected chi connectivity index (χ4v) is 3.88. The molecule has 1 heterocycles. The number of nitrogens with one attached hydrogen (secondary N) is 1. The number of hydrogen-bond donors (Lipinski definition) is 1. The maximum Gasteiger partial charge on any atom is 0.230 e. The van der Waals surface area contributed by atoms with Crippen LogP contribution in [0.3, 0.4) is 0 Å². The Labute approximate surface area is 159 Å². The first-order valence-corrected chi connectivity index (χ1v) is 10.0. The largest absolute Gasteiger partial charge is 0.486 e. The second-order valence-corrected chi connectivity index (χ2v) is 7.67. The summed E-state index contributed by atoms with van der Waals surface area (Å²) in [6.07, 6.45) is 0. The Morgan fingerprint density at radius 2 is 1.77 bits per heavy atom. The number of fused-ring (bicyclic) bond motifs is 1. The highest BCUT2D eigenvalue weighted by Crippen LogP contribution is 2.32. The standard InChI is InChI=1S/C21H25NO3S/c1-14-8-15(2)10-17(9-14)12-26-13-21(23)22-16(3)18-4-5-19-20(11-18)25-7-6-24-19/h4-5,8-11,16H,6-7,12-13H2,1-3H3,(H,22,23). The molecule has 138 valence electrons. The van der Waals surface area contributed by atoms with E-state index in [9.17, 15) is 4.79 Å². The van der Waals surface area contributed by atoms with Gasteiger partial charge in [0.25, 0.3) is 0 Å². The molecule has 1 aliphatic heterocycles. The zero-order chi connectivity index (χ0) is 18.5. The first-order chi connectivity index (χ1) is 12.5. The molecule has 2 aromatic rings. The summed E-state index contributed by atoms with van der Waals surface area (Å²) in [6, 6.07) is 12.3. The molecule has 1 N–H and O–H groups in total. The minimum atomic E-state index is -0.0693. The number of hydrogen-bond acceptors (Lipinski definition) is 4. The zero-order valence-electron chi connectivity index (χ0n) is 15.5. The molecule has 1 aliphatic rings. The topological polar surface area (TPSA) is 47.6 Å². The average Bonchev–Trinajstić information content (AvgIpc) is 2.60. The first-order valence-electron chi connectivity index (χ1n) is 8.85. The van der Waals surface area contributed by atoms with Gasteiger partial charge in [-0.3, -0.25) is 4.79 Å². The van der Waals surface area contributed by atoms with Crippen LogP contribution >= 0.6 is 11.8 Å². The highest BCUT2D eigenvalue weighted by atomic mass is 32.2. The summed E-state index contributed by atoms with van der Waals surface area (Å²) >= 11 is 1.64. The summed E-state index contributed by atoms with van der Waals surface area (Å²) in [5, 5.41) is 3.06. The summed E-state index contributed by atoms with van der Waals surface area (Å²) in [7, 11) is 0. The van der Waals surface area contributed by atoms with Crippen LogP contribution < -0.4 is 14.8 Å². The molecule has 5 heteroatoms. The number of carbonyl (C=O) groups excluding carboxylic acids is 1. The zero-order valence-corrected chi connectivity index (χ0v) is 16.3. The van der Waals surface area contributed by atoms with Crippen molar-refractivity contribution in [1.29, 1.82) is 0 Å². The van der Waals surface area contributed by atoms with Crippen molar-refractivity contribution in [1.82, 2.24) is 5.32 Å². The van der Waals surface area contributed by atoms with Crippen molar-refractivity contribution in [2.45, 2.75) is 32.6 Å². The molecular formula is C21H25NO3S. The van der Waals surface area contributed by atoms with Crippen LogP contribution in [0.1, 0.15) is 35.2 Å². The Bertz CT molecular complexity index is 771. The number of rotatable bonds is 6. The Morgan fingerprint density at radius 3 is 2.50 bits per heavy atom. The molecule has 0 bridgehead atoms. The molecule has 4 nitrogen and oxygen atoms in total. The maximum atomic E-state index is 12.3. The van der Waals surface area contributed by atoms with Crippen molar-refractivity contribution < 1.29 is 14.3 Å². The fraction of sp³-hybridized carbons (Fsp3) is 0.381. The van der Waals surface area contributed by atoms with Gasteiger partial charge in [0.05, 0.1) is 11.8 Å². The SMILES string of the molecule is Cc1cc(C)cc(CSCC(=O)NC(C)c2ccc3c(c2)OCCO3)c1. The van der Waals surface area contributed by atoms with Crippen molar-refractivity contribution in [2.24, 2.45) is 0 Å². The third-order valence-corrected chi connectivity index (χ3v) is 5.23. The molecule has 1 atom stereocenters. The van der Waals surface area contributed by atoms with E-state index in [0.717, 1.165) is 22.8 Å². The van der Waals surface area contributed by atoms with Gasteiger partial charge >= 0.3 is 0 Å². The lowest BCUT2D eigenvalue weighted by atomic mass is 10.1. The normalized spacial score (nSPS) is 14.0. The molecule has 1 unspecified atom stereocenters. The molecule has 3 rings (SSSR count). The van der Waals surface area contributed by atoms with E-state index in [1.54, 1.807) is 11.8 Å². The summed E-state index contributed by atoms with van der Waals surface area (Å²) in [6.45, 7) is 7.33. The van der Waals surface area contributed by atoms with Gasteiger partial charge in [-0.25, -0.2) is 0 Å². The van der Waals surface area contributed by atoms with E-state index in [-0.39, 0.29) is 11.9 Å². The Kier molecular flexibility index (Phi) is 6.09. The third kappa shape index (κ3) is 4.94. The minimum Gasteiger partial charge on any atom is -0.486 e. The maximum absolute atomic E-state index is 12.3. The van der Waals surface area contributed by atoms with Gasteiger partial charge in [0, 0.05) is 5.75 Å². The van der Waals surface area contributed by atoms with Crippen LogP contribution in [-0.2, 0) is 10.5 Å². The van der Waals surface area contributed by atoms with Crippen molar-refractivity contribution in [2.75, 3.05) is 19.0 Å². The van der Waals surface area contributed by atoms with Crippen LogP contribution in [0.4, 0.5) is 0 Å². The van der Waals surface area contributed by atoms with Crippen LogP contribution in [0.15, 0.2) is 36.4 Å². The molecule has 0 radical (unpaired) electrons. The summed E-state index contributed by atoms with van der Waals surface area (Å²) in [4.78, 5) is 12.3. The smallest absolute Gasteiger partial charge is 0.230 e. The van der Waals surface area contributed by atoms with Gasteiger partial charge in [0.2, 0.25) is 5.91 Å².